The molecule has 396 valence electrons. The van der Waals surface area contributed by atoms with Crippen LogP contribution in [-0.2, 0) is 28.6 Å². The van der Waals surface area contributed by atoms with Gasteiger partial charge in [-0.3, -0.25) is 14.4 Å². The SMILES string of the molecule is CCCCCCC/C=C\CCCCCCCC(=O)OC(COC(=O)CCCCCCCCCCC)COC(=O)CCCCCCCCCCCCCCCCCCCCCCCCCCCC. The second-order valence-electron chi connectivity index (χ2n) is 20.6. The summed E-state index contributed by atoms with van der Waals surface area (Å²) in [4.78, 5) is 38.0. The van der Waals surface area contributed by atoms with E-state index >= 15 is 0 Å². The van der Waals surface area contributed by atoms with Gasteiger partial charge >= 0.3 is 17.9 Å². The van der Waals surface area contributed by atoms with Crippen LogP contribution in [0.3, 0.4) is 0 Å². The molecule has 0 saturated heterocycles. The minimum Gasteiger partial charge on any atom is -0.462 e. The number of unbranched alkanes of at least 4 members (excludes halogenated alkanes) is 43. The maximum absolute atomic E-state index is 12.8. The highest BCUT2D eigenvalue weighted by atomic mass is 16.6. The van der Waals surface area contributed by atoms with Gasteiger partial charge in [0.25, 0.3) is 0 Å². The number of hydrogen-bond acceptors (Lipinski definition) is 6. The molecule has 1 atom stereocenters. The van der Waals surface area contributed by atoms with Crippen LogP contribution in [0, 0.1) is 0 Å². The molecule has 0 heterocycles. The van der Waals surface area contributed by atoms with Gasteiger partial charge in [0.1, 0.15) is 13.2 Å². The molecule has 0 aliphatic rings. The molecule has 0 aromatic heterocycles. The van der Waals surface area contributed by atoms with Gasteiger partial charge in [-0.05, 0) is 44.9 Å². The van der Waals surface area contributed by atoms with Crippen molar-refractivity contribution in [2.75, 3.05) is 13.2 Å². The third-order valence-electron chi connectivity index (χ3n) is 13.8. The number of carbonyl (C=O) groups is 3. The molecular weight excluding hydrogens is 829 g/mol. The van der Waals surface area contributed by atoms with E-state index in [4.69, 9.17) is 14.2 Å². The summed E-state index contributed by atoms with van der Waals surface area (Å²) in [7, 11) is 0. The quantitative estimate of drug-likeness (QED) is 0.0262. The van der Waals surface area contributed by atoms with Crippen LogP contribution in [0.5, 0.6) is 0 Å². The Bertz CT molecular complexity index is 1040. The van der Waals surface area contributed by atoms with E-state index in [9.17, 15) is 14.4 Å². The van der Waals surface area contributed by atoms with Crippen LogP contribution in [0.25, 0.3) is 0 Å². The zero-order chi connectivity index (χ0) is 48.6. The standard InChI is InChI=1S/C61H116O6/c1-4-7-10-13-16-19-21-23-25-26-27-28-29-30-31-32-33-34-35-36-38-39-42-45-48-51-54-60(63)66-57-58(56-65-59(62)53-50-47-44-41-18-15-12-9-6-3)67-61(64)55-52-49-46-43-40-37-24-22-20-17-14-11-8-5-2/h22,24,58H,4-21,23,25-57H2,1-3H3/b24-22-. The zero-order valence-electron chi connectivity index (χ0n) is 45.5. The summed E-state index contributed by atoms with van der Waals surface area (Å²) < 4.78 is 16.8. The van der Waals surface area contributed by atoms with Gasteiger partial charge in [-0.2, -0.15) is 0 Å². The van der Waals surface area contributed by atoms with Crippen LogP contribution in [0.4, 0.5) is 0 Å². The van der Waals surface area contributed by atoms with Gasteiger partial charge in [0.05, 0.1) is 0 Å². The van der Waals surface area contributed by atoms with Crippen molar-refractivity contribution in [3.8, 4) is 0 Å². The van der Waals surface area contributed by atoms with Gasteiger partial charge in [0.15, 0.2) is 6.10 Å². The first-order valence-corrected chi connectivity index (χ1v) is 30.2. The third kappa shape index (κ3) is 55.0. The summed E-state index contributed by atoms with van der Waals surface area (Å²) in [6.45, 7) is 6.66. The van der Waals surface area contributed by atoms with Crippen molar-refractivity contribution >= 4 is 17.9 Å². The molecule has 0 bridgehead atoms. The van der Waals surface area contributed by atoms with Gasteiger partial charge in [0, 0.05) is 19.3 Å². The molecule has 0 spiro atoms. The van der Waals surface area contributed by atoms with Crippen LogP contribution in [0.15, 0.2) is 12.2 Å². The molecule has 0 aromatic rings. The number of ether oxygens (including phenoxy) is 3. The van der Waals surface area contributed by atoms with Gasteiger partial charge in [-0.15, -0.1) is 0 Å². The maximum atomic E-state index is 12.8. The van der Waals surface area contributed by atoms with Crippen LogP contribution < -0.4 is 0 Å². The fourth-order valence-corrected chi connectivity index (χ4v) is 9.21. The van der Waals surface area contributed by atoms with Crippen molar-refractivity contribution in [2.24, 2.45) is 0 Å². The first-order chi connectivity index (χ1) is 33.0. The Kier molecular flexibility index (Phi) is 55.2. The van der Waals surface area contributed by atoms with E-state index in [2.05, 4.69) is 32.9 Å². The third-order valence-corrected chi connectivity index (χ3v) is 13.8. The second kappa shape index (κ2) is 56.7. The Morgan fingerprint density at radius 3 is 0.746 bits per heavy atom. The molecule has 0 fully saturated rings. The van der Waals surface area contributed by atoms with Crippen molar-refractivity contribution in [3.05, 3.63) is 12.2 Å². The van der Waals surface area contributed by atoms with E-state index < -0.39 is 6.10 Å². The molecule has 0 aromatic carbocycles. The van der Waals surface area contributed by atoms with Crippen molar-refractivity contribution in [1.29, 1.82) is 0 Å². The van der Waals surface area contributed by atoms with E-state index in [1.165, 1.54) is 238 Å². The Hall–Kier alpha value is -1.85. The first-order valence-electron chi connectivity index (χ1n) is 30.2. The predicted molar refractivity (Wildman–Crippen MR) is 289 cm³/mol. The first kappa shape index (κ1) is 65.1. The van der Waals surface area contributed by atoms with Crippen molar-refractivity contribution in [2.45, 2.75) is 348 Å². The van der Waals surface area contributed by atoms with Crippen LogP contribution in [0.1, 0.15) is 342 Å². The Balaban J connectivity index is 4.09. The summed E-state index contributed by atoms with van der Waals surface area (Å²) in [5, 5.41) is 0. The van der Waals surface area contributed by atoms with Gasteiger partial charge in [-0.25, -0.2) is 0 Å². The minimum atomic E-state index is -0.768. The summed E-state index contributed by atoms with van der Waals surface area (Å²) in [6.07, 6.45) is 65.2. The molecule has 0 aliphatic heterocycles. The highest BCUT2D eigenvalue weighted by Gasteiger charge is 2.19. The summed E-state index contributed by atoms with van der Waals surface area (Å²) >= 11 is 0. The molecule has 6 heteroatoms. The monoisotopic (exact) mass is 945 g/mol. The van der Waals surface area contributed by atoms with Crippen LogP contribution >= 0.6 is 0 Å². The number of carbonyl (C=O) groups excluding carboxylic acids is 3. The van der Waals surface area contributed by atoms with Crippen molar-refractivity contribution in [1.82, 2.24) is 0 Å². The summed E-state index contributed by atoms with van der Waals surface area (Å²) in [5.74, 6) is -0.857. The Morgan fingerprint density at radius 2 is 0.493 bits per heavy atom. The average Bonchev–Trinajstić information content (AvgIpc) is 3.33. The number of hydrogen-bond donors (Lipinski definition) is 0. The van der Waals surface area contributed by atoms with E-state index in [-0.39, 0.29) is 31.1 Å². The highest BCUT2D eigenvalue weighted by molar-refractivity contribution is 5.71. The Labute approximate surface area is 418 Å². The van der Waals surface area contributed by atoms with E-state index in [0.29, 0.717) is 19.3 Å². The molecular formula is C61H116O6. The molecule has 0 rings (SSSR count). The minimum absolute atomic E-state index is 0.0678. The summed E-state index contributed by atoms with van der Waals surface area (Å²) in [5.41, 5.74) is 0. The number of rotatable bonds is 56. The van der Waals surface area contributed by atoms with E-state index in [0.717, 1.165) is 64.2 Å². The fourth-order valence-electron chi connectivity index (χ4n) is 9.21. The molecule has 0 amide bonds. The highest BCUT2D eigenvalue weighted by Crippen LogP contribution is 2.18. The van der Waals surface area contributed by atoms with Crippen LogP contribution in [-0.4, -0.2) is 37.2 Å². The largest absolute Gasteiger partial charge is 0.462 e. The lowest BCUT2D eigenvalue weighted by Crippen LogP contribution is -2.30. The predicted octanol–water partition coefficient (Wildman–Crippen LogP) is 20.1. The molecule has 0 radical (unpaired) electrons. The smallest absolute Gasteiger partial charge is 0.306 e. The van der Waals surface area contributed by atoms with Gasteiger partial charge < -0.3 is 14.2 Å². The molecule has 6 nitrogen and oxygen atoms in total. The Morgan fingerprint density at radius 1 is 0.284 bits per heavy atom. The normalized spacial score (nSPS) is 12.0. The van der Waals surface area contributed by atoms with Crippen LogP contribution in [0.2, 0.25) is 0 Å². The average molecular weight is 946 g/mol. The number of esters is 3. The van der Waals surface area contributed by atoms with Crippen molar-refractivity contribution < 1.29 is 28.6 Å². The van der Waals surface area contributed by atoms with Gasteiger partial charge in [-0.1, -0.05) is 290 Å². The molecule has 67 heavy (non-hydrogen) atoms. The molecule has 1 unspecified atom stereocenters. The van der Waals surface area contributed by atoms with Crippen molar-refractivity contribution in [3.63, 3.8) is 0 Å². The number of allylic oxidation sites excluding steroid dienone is 2. The van der Waals surface area contributed by atoms with E-state index in [1.54, 1.807) is 0 Å². The topological polar surface area (TPSA) is 78.9 Å². The zero-order valence-corrected chi connectivity index (χ0v) is 45.5. The molecule has 0 saturated carbocycles. The van der Waals surface area contributed by atoms with Gasteiger partial charge in [0.2, 0.25) is 0 Å². The maximum Gasteiger partial charge on any atom is 0.306 e. The molecule has 0 N–H and O–H groups in total. The summed E-state index contributed by atoms with van der Waals surface area (Å²) in [6, 6.07) is 0. The lowest BCUT2D eigenvalue weighted by atomic mass is 10.0. The molecule has 0 aliphatic carbocycles. The van der Waals surface area contributed by atoms with E-state index in [1.807, 2.05) is 0 Å². The fraction of sp³-hybridized carbons (Fsp3) is 0.918. The lowest BCUT2D eigenvalue weighted by molar-refractivity contribution is -0.167. The second-order valence-corrected chi connectivity index (χ2v) is 20.6. The lowest BCUT2D eigenvalue weighted by Gasteiger charge is -2.18.